The Morgan fingerprint density at radius 2 is 1.93 bits per heavy atom. The van der Waals surface area contributed by atoms with Crippen molar-refractivity contribution in [1.29, 1.82) is 0 Å². The fourth-order valence-corrected chi connectivity index (χ4v) is 2.62. The van der Waals surface area contributed by atoms with Gasteiger partial charge >= 0.3 is 0 Å². The average Bonchev–Trinajstić information content (AvgIpc) is 2.22. The van der Waals surface area contributed by atoms with Crippen LogP contribution in [0.5, 0.6) is 0 Å². The predicted molar refractivity (Wildman–Crippen MR) is 59.9 cm³/mol. The molecule has 0 spiro atoms. The van der Waals surface area contributed by atoms with Gasteiger partial charge in [0.05, 0.1) is 6.61 Å². The molecule has 0 radical (unpaired) electrons. The molecule has 88 valence electrons. The summed E-state index contributed by atoms with van der Waals surface area (Å²) in [5.74, 6) is 0. The lowest BCUT2D eigenvalue weighted by Gasteiger charge is -2.43. The highest BCUT2D eigenvalue weighted by molar-refractivity contribution is 4.85. The summed E-state index contributed by atoms with van der Waals surface area (Å²) in [6.45, 7) is 3.21. The van der Waals surface area contributed by atoms with Gasteiger partial charge in [-0.05, 0) is 32.1 Å². The van der Waals surface area contributed by atoms with Gasteiger partial charge in [-0.25, -0.2) is 0 Å². The van der Waals surface area contributed by atoms with Crippen molar-refractivity contribution in [2.24, 2.45) is 0 Å². The molecule has 1 aliphatic carbocycles. The molecule has 0 bridgehead atoms. The first-order valence-electron chi connectivity index (χ1n) is 6.36. The Bertz CT molecular complexity index is 176. The van der Waals surface area contributed by atoms with Gasteiger partial charge in [-0.15, -0.1) is 0 Å². The molecule has 1 N–H and O–H groups in total. The maximum Gasteiger partial charge on any atom is 0.0621 e. The van der Waals surface area contributed by atoms with Crippen LogP contribution >= 0.6 is 0 Å². The zero-order valence-corrected chi connectivity index (χ0v) is 9.53. The Hall–Kier alpha value is -0.120. The molecule has 0 aromatic rings. The summed E-state index contributed by atoms with van der Waals surface area (Å²) in [6, 6.07) is 1.40. The quantitative estimate of drug-likeness (QED) is 0.749. The normalized spacial score (nSPS) is 28.0. The van der Waals surface area contributed by atoms with Gasteiger partial charge in [0.25, 0.3) is 0 Å². The van der Waals surface area contributed by atoms with Crippen LogP contribution in [0.25, 0.3) is 0 Å². The monoisotopic (exact) mass is 213 g/mol. The third kappa shape index (κ3) is 2.92. The molecule has 3 heteroatoms. The molecule has 1 aliphatic heterocycles. The number of aliphatic hydroxyl groups is 1. The average molecular weight is 213 g/mol. The van der Waals surface area contributed by atoms with Crippen LogP contribution in [-0.4, -0.2) is 48.5 Å². The van der Waals surface area contributed by atoms with E-state index in [4.69, 9.17) is 9.84 Å². The van der Waals surface area contributed by atoms with Crippen molar-refractivity contribution in [3.8, 4) is 0 Å². The van der Waals surface area contributed by atoms with Gasteiger partial charge in [-0.1, -0.05) is 6.42 Å². The van der Waals surface area contributed by atoms with Crippen LogP contribution in [0.3, 0.4) is 0 Å². The van der Waals surface area contributed by atoms with Crippen molar-refractivity contribution < 1.29 is 9.84 Å². The van der Waals surface area contributed by atoms with Gasteiger partial charge in [-0.3, -0.25) is 4.90 Å². The van der Waals surface area contributed by atoms with Crippen molar-refractivity contribution in [3.05, 3.63) is 0 Å². The molecule has 1 unspecified atom stereocenters. The zero-order chi connectivity index (χ0) is 10.5. The first kappa shape index (κ1) is 11.4. The third-order valence-electron chi connectivity index (χ3n) is 3.72. The Kier molecular flexibility index (Phi) is 4.42. The Balaban J connectivity index is 1.84. The van der Waals surface area contributed by atoms with Crippen molar-refractivity contribution in [2.75, 3.05) is 26.4 Å². The van der Waals surface area contributed by atoms with Crippen molar-refractivity contribution in [2.45, 2.75) is 50.6 Å². The molecule has 2 aliphatic rings. The summed E-state index contributed by atoms with van der Waals surface area (Å²) in [7, 11) is 0. The molecule has 0 aromatic heterocycles. The lowest BCUT2D eigenvalue weighted by molar-refractivity contribution is -0.0183. The van der Waals surface area contributed by atoms with Crippen molar-refractivity contribution in [1.82, 2.24) is 4.90 Å². The highest BCUT2D eigenvalue weighted by Crippen LogP contribution is 2.28. The lowest BCUT2D eigenvalue weighted by atomic mass is 9.89. The third-order valence-corrected chi connectivity index (χ3v) is 3.72. The van der Waals surface area contributed by atoms with E-state index in [1.54, 1.807) is 0 Å². The van der Waals surface area contributed by atoms with Gasteiger partial charge in [0, 0.05) is 31.8 Å². The lowest BCUT2D eigenvalue weighted by Crippen LogP contribution is -2.50. The first-order valence-corrected chi connectivity index (χ1v) is 6.36. The predicted octanol–water partition coefficient (Wildman–Crippen LogP) is 1.40. The summed E-state index contributed by atoms with van der Waals surface area (Å²) in [5, 5.41) is 8.93. The van der Waals surface area contributed by atoms with E-state index in [2.05, 4.69) is 4.90 Å². The summed E-state index contributed by atoms with van der Waals surface area (Å²) in [4.78, 5) is 2.60. The molecule has 15 heavy (non-hydrogen) atoms. The van der Waals surface area contributed by atoms with Gasteiger partial charge in [0.15, 0.2) is 0 Å². The van der Waals surface area contributed by atoms with Crippen LogP contribution in [0.1, 0.15) is 38.5 Å². The molecule has 2 fully saturated rings. The van der Waals surface area contributed by atoms with Crippen LogP contribution in [0.4, 0.5) is 0 Å². The number of nitrogens with zero attached hydrogens (tertiary/aromatic N) is 1. The number of hydrogen-bond acceptors (Lipinski definition) is 3. The van der Waals surface area contributed by atoms with E-state index in [1.807, 2.05) is 0 Å². The fraction of sp³-hybridized carbons (Fsp3) is 1.00. The number of aliphatic hydroxyl groups excluding tert-OH is 1. The highest BCUT2D eigenvalue weighted by atomic mass is 16.5. The number of ether oxygens (including phenoxy) is 1. The largest absolute Gasteiger partial charge is 0.396 e. The van der Waals surface area contributed by atoms with Gasteiger partial charge in [-0.2, -0.15) is 0 Å². The smallest absolute Gasteiger partial charge is 0.0621 e. The second kappa shape index (κ2) is 5.83. The molecule has 2 rings (SSSR count). The van der Waals surface area contributed by atoms with Gasteiger partial charge in [0.2, 0.25) is 0 Å². The Morgan fingerprint density at radius 1 is 1.13 bits per heavy atom. The molecule has 1 saturated heterocycles. The molecular weight excluding hydrogens is 190 g/mol. The van der Waals surface area contributed by atoms with E-state index in [1.165, 1.54) is 32.1 Å². The van der Waals surface area contributed by atoms with E-state index in [0.717, 1.165) is 32.2 Å². The van der Waals surface area contributed by atoms with Crippen molar-refractivity contribution in [3.63, 3.8) is 0 Å². The second-order valence-electron chi connectivity index (χ2n) is 4.77. The Morgan fingerprint density at radius 3 is 2.47 bits per heavy atom. The summed E-state index contributed by atoms with van der Waals surface area (Å²) in [6.07, 6.45) is 7.47. The summed E-state index contributed by atoms with van der Waals surface area (Å²) < 4.78 is 5.56. The minimum Gasteiger partial charge on any atom is -0.396 e. The Labute approximate surface area is 92.4 Å². The van der Waals surface area contributed by atoms with Crippen LogP contribution < -0.4 is 0 Å². The molecular formula is C12H23NO2. The molecule has 1 saturated carbocycles. The van der Waals surface area contributed by atoms with E-state index in [9.17, 15) is 0 Å². The first-order chi connectivity index (χ1) is 7.42. The number of hydrogen-bond donors (Lipinski definition) is 1. The SMILES string of the molecule is OCCCN(C1CCC1)C1CCCOC1. The minimum absolute atomic E-state index is 0.316. The summed E-state index contributed by atoms with van der Waals surface area (Å²) in [5.41, 5.74) is 0. The topological polar surface area (TPSA) is 32.7 Å². The maximum atomic E-state index is 8.93. The maximum absolute atomic E-state index is 8.93. The van der Waals surface area contributed by atoms with E-state index < -0.39 is 0 Å². The molecule has 0 aromatic carbocycles. The molecule has 3 nitrogen and oxygen atoms in total. The zero-order valence-electron chi connectivity index (χ0n) is 9.53. The van der Waals surface area contributed by atoms with Gasteiger partial charge < -0.3 is 9.84 Å². The second-order valence-corrected chi connectivity index (χ2v) is 4.77. The molecule has 0 amide bonds. The van der Waals surface area contributed by atoms with E-state index >= 15 is 0 Å². The van der Waals surface area contributed by atoms with Crippen molar-refractivity contribution >= 4 is 0 Å². The molecule has 1 atom stereocenters. The van der Waals surface area contributed by atoms with Crippen LogP contribution in [-0.2, 0) is 4.74 Å². The van der Waals surface area contributed by atoms with E-state index in [-0.39, 0.29) is 0 Å². The van der Waals surface area contributed by atoms with Crippen LogP contribution in [0.2, 0.25) is 0 Å². The standard InChI is InChI=1S/C12H23NO2/c14-8-3-7-13(11-4-1-5-11)12-6-2-9-15-10-12/h11-12,14H,1-10H2. The minimum atomic E-state index is 0.316. The van der Waals surface area contributed by atoms with Gasteiger partial charge in [0.1, 0.15) is 0 Å². The summed E-state index contributed by atoms with van der Waals surface area (Å²) >= 11 is 0. The number of rotatable bonds is 5. The fourth-order valence-electron chi connectivity index (χ4n) is 2.62. The molecule has 1 heterocycles. The van der Waals surface area contributed by atoms with Crippen LogP contribution in [0, 0.1) is 0 Å². The van der Waals surface area contributed by atoms with Crippen LogP contribution in [0.15, 0.2) is 0 Å². The highest BCUT2D eigenvalue weighted by Gasteiger charge is 2.30. The van der Waals surface area contributed by atoms with E-state index in [0.29, 0.717) is 12.6 Å².